The van der Waals surface area contributed by atoms with Gasteiger partial charge in [0.15, 0.2) is 0 Å². The third kappa shape index (κ3) is 6.04. The molecule has 0 aliphatic carbocycles. The SMILES string of the molecule is CC(C)(CNC(=O)NCC(C(=O)N1CCOCC1)c1ccccc1)c1ccccc1F. The molecule has 0 saturated carbocycles. The van der Waals surface area contributed by atoms with E-state index in [1.807, 2.05) is 44.2 Å². The highest BCUT2D eigenvalue weighted by molar-refractivity contribution is 5.85. The summed E-state index contributed by atoms with van der Waals surface area (Å²) >= 11 is 0. The van der Waals surface area contributed by atoms with E-state index in [4.69, 9.17) is 4.74 Å². The minimum absolute atomic E-state index is 0.0264. The Hall–Kier alpha value is -2.93. The molecule has 0 aromatic heterocycles. The molecule has 1 aliphatic rings. The van der Waals surface area contributed by atoms with Gasteiger partial charge < -0.3 is 20.3 Å². The first kappa shape index (κ1) is 22.7. The number of nitrogens with one attached hydrogen (secondary N) is 2. The Morgan fingerprint density at radius 1 is 1.03 bits per heavy atom. The molecule has 6 nitrogen and oxygen atoms in total. The van der Waals surface area contributed by atoms with Gasteiger partial charge in [0.1, 0.15) is 5.82 Å². The van der Waals surface area contributed by atoms with Crippen LogP contribution in [0.3, 0.4) is 0 Å². The standard InChI is InChI=1S/C24H30FN3O3/c1-24(2,20-10-6-7-11-21(20)25)17-27-23(30)26-16-19(18-8-4-3-5-9-18)22(29)28-12-14-31-15-13-28/h3-11,19H,12-17H2,1-2H3,(H2,26,27,30). The molecule has 2 N–H and O–H groups in total. The second-order valence-electron chi connectivity index (χ2n) is 8.33. The predicted molar refractivity (Wildman–Crippen MR) is 117 cm³/mol. The Balaban J connectivity index is 1.61. The number of halogens is 1. The van der Waals surface area contributed by atoms with Crippen LogP contribution in [0.5, 0.6) is 0 Å². The van der Waals surface area contributed by atoms with Crippen LogP contribution in [-0.4, -0.2) is 56.2 Å². The normalized spacial score (nSPS) is 15.3. The lowest BCUT2D eigenvalue weighted by atomic mass is 9.84. The average molecular weight is 428 g/mol. The maximum Gasteiger partial charge on any atom is 0.314 e. The molecule has 3 rings (SSSR count). The summed E-state index contributed by atoms with van der Waals surface area (Å²) in [6.45, 7) is 6.31. The molecule has 0 bridgehead atoms. The van der Waals surface area contributed by atoms with E-state index in [0.29, 0.717) is 31.9 Å². The van der Waals surface area contributed by atoms with Crippen LogP contribution < -0.4 is 10.6 Å². The van der Waals surface area contributed by atoms with E-state index >= 15 is 0 Å². The molecule has 2 aromatic rings. The number of hydrogen-bond acceptors (Lipinski definition) is 3. The quantitative estimate of drug-likeness (QED) is 0.714. The molecule has 1 unspecified atom stereocenters. The van der Waals surface area contributed by atoms with Crippen molar-refractivity contribution in [3.8, 4) is 0 Å². The van der Waals surface area contributed by atoms with Crippen molar-refractivity contribution in [3.63, 3.8) is 0 Å². The number of hydrogen-bond donors (Lipinski definition) is 2. The number of urea groups is 1. The topological polar surface area (TPSA) is 70.7 Å². The van der Waals surface area contributed by atoms with Crippen molar-refractivity contribution >= 4 is 11.9 Å². The number of amides is 3. The fourth-order valence-electron chi connectivity index (χ4n) is 3.70. The van der Waals surface area contributed by atoms with Gasteiger partial charge >= 0.3 is 6.03 Å². The van der Waals surface area contributed by atoms with E-state index in [2.05, 4.69) is 10.6 Å². The Morgan fingerprint density at radius 3 is 2.35 bits per heavy atom. The molecule has 7 heteroatoms. The van der Waals surface area contributed by atoms with Crippen LogP contribution in [0.1, 0.15) is 30.9 Å². The number of benzene rings is 2. The number of nitrogens with zero attached hydrogens (tertiary/aromatic N) is 1. The van der Waals surface area contributed by atoms with Crippen LogP contribution in [0.4, 0.5) is 9.18 Å². The Morgan fingerprint density at radius 2 is 1.68 bits per heavy atom. The molecule has 3 amide bonds. The Kier molecular flexibility index (Phi) is 7.63. The van der Waals surface area contributed by atoms with Crippen LogP contribution in [0.2, 0.25) is 0 Å². The first-order valence-corrected chi connectivity index (χ1v) is 10.6. The number of ether oxygens (including phenoxy) is 1. The third-order valence-corrected chi connectivity index (χ3v) is 5.58. The molecule has 1 saturated heterocycles. The molecule has 0 spiro atoms. The van der Waals surface area contributed by atoms with Gasteiger partial charge in [0, 0.05) is 31.6 Å². The molecule has 1 fully saturated rings. The second kappa shape index (κ2) is 10.4. The van der Waals surface area contributed by atoms with Gasteiger partial charge in [0.25, 0.3) is 0 Å². The largest absolute Gasteiger partial charge is 0.378 e. The second-order valence-corrected chi connectivity index (χ2v) is 8.33. The lowest BCUT2D eigenvalue weighted by Crippen LogP contribution is -2.47. The van der Waals surface area contributed by atoms with Gasteiger partial charge in [-0.1, -0.05) is 62.4 Å². The van der Waals surface area contributed by atoms with Gasteiger partial charge in [0.05, 0.1) is 19.1 Å². The summed E-state index contributed by atoms with van der Waals surface area (Å²) in [6, 6.07) is 15.6. The molecule has 1 heterocycles. The van der Waals surface area contributed by atoms with Crippen molar-refractivity contribution in [3.05, 3.63) is 71.5 Å². The molecular formula is C24H30FN3O3. The highest BCUT2D eigenvalue weighted by Crippen LogP contribution is 2.25. The van der Waals surface area contributed by atoms with Crippen molar-refractivity contribution in [2.24, 2.45) is 0 Å². The molecule has 0 radical (unpaired) electrons. The van der Waals surface area contributed by atoms with Crippen molar-refractivity contribution < 1.29 is 18.7 Å². The average Bonchev–Trinajstić information content (AvgIpc) is 2.79. The summed E-state index contributed by atoms with van der Waals surface area (Å²) in [5, 5.41) is 5.63. The minimum atomic E-state index is -0.578. The first-order chi connectivity index (χ1) is 14.9. The Bertz CT molecular complexity index is 883. The zero-order valence-electron chi connectivity index (χ0n) is 18.1. The van der Waals surface area contributed by atoms with Gasteiger partial charge in [0.2, 0.25) is 5.91 Å². The van der Waals surface area contributed by atoms with Gasteiger partial charge in [-0.3, -0.25) is 4.79 Å². The van der Waals surface area contributed by atoms with E-state index in [1.165, 1.54) is 6.07 Å². The summed E-state index contributed by atoms with van der Waals surface area (Å²) in [6.07, 6.45) is 0. The van der Waals surface area contributed by atoms with E-state index in [1.54, 1.807) is 23.1 Å². The maximum absolute atomic E-state index is 14.1. The van der Waals surface area contributed by atoms with Crippen LogP contribution in [0.15, 0.2) is 54.6 Å². The van der Waals surface area contributed by atoms with Gasteiger partial charge in [-0.2, -0.15) is 0 Å². The molecular weight excluding hydrogens is 397 g/mol. The van der Waals surface area contributed by atoms with Crippen LogP contribution in [-0.2, 0) is 14.9 Å². The summed E-state index contributed by atoms with van der Waals surface area (Å²) in [4.78, 5) is 27.4. The van der Waals surface area contributed by atoms with Gasteiger partial charge in [-0.05, 0) is 17.2 Å². The van der Waals surface area contributed by atoms with E-state index in [9.17, 15) is 14.0 Å². The van der Waals surface area contributed by atoms with Crippen molar-refractivity contribution in [2.75, 3.05) is 39.4 Å². The number of morpholine rings is 1. The summed E-state index contributed by atoms with van der Waals surface area (Å²) in [5.74, 6) is -0.805. The summed E-state index contributed by atoms with van der Waals surface area (Å²) < 4.78 is 19.5. The lowest BCUT2D eigenvalue weighted by molar-refractivity contribution is -0.136. The highest BCUT2D eigenvalue weighted by Gasteiger charge is 2.28. The molecule has 1 atom stereocenters. The summed E-state index contributed by atoms with van der Waals surface area (Å²) in [7, 11) is 0. The first-order valence-electron chi connectivity index (χ1n) is 10.6. The number of carbonyl (C=O) groups is 2. The molecule has 2 aromatic carbocycles. The monoisotopic (exact) mass is 427 g/mol. The number of carbonyl (C=O) groups excluding carboxylic acids is 2. The fourth-order valence-corrected chi connectivity index (χ4v) is 3.70. The summed E-state index contributed by atoms with van der Waals surface area (Å²) in [5.41, 5.74) is 0.816. The number of rotatable bonds is 7. The fraction of sp³-hybridized carbons (Fsp3) is 0.417. The lowest BCUT2D eigenvalue weighted by Gasteiger charge is -2.31. The predicted octanol–water partition coefficient (Wildman–Crippen LogP) is 3.05. The van der Waals surface area contributed by atoms with Crippen LogP contribution in [0, 0.1) is 5.82 Å². The maximum atomic E-state index is 14.1. The molecule has 166 valence electrons. The van der Waals surface area contributed by atoms with E-state index < -0.39 is 11.3 Å². The zero-order valence-corrected chi connectivity index (χ0v) is 18.1. The molecule has 31 heavy (non-hydrogen) atoms. The third-order valence-electron chi connectivity index (χ3n) is 5.58. The van der Waals surface area contributed by atoms with E-state index in [0.717, 1.165) is 5.56 Å². The smallest absolute Gasteiger partial charge is 0.314 e. The highest BCUT2D eigenvalue weighted by atomic mass is 19.1. The van der Waals surface area contributed by atoms with Crippen molar-refractivity contribution in [1.82, 2.24) is 15.5 Å². The zero-order chi connectivity index (χ0) is 22.3. The van der Waals surface area contributed by atoms with Crippen LogP contribution in [0.25, 0.3) is 0 Å². The van der Waals surface area contributed by atoms with Crippen molar-refractivity contribution in [1.29, 1.82) is 0 Å². The Labute approximate surface area is 182 Å². The van der Waals surface area contributed by atoms with E-state index in [-0.39, 0.29) is 30.8 Å². The van der Waals surface area contributed by atoms with Crippen molar-refractivity contribution in [2.45, 2.75) is 25.2 Å². The van der Waals surface area contributed by atoms with Crippen LogP contribution >= 0.6 is 0 Å². The molecule has 1 aliphatic heterocycles. The van der Waals surface area contributed by atoms with Gasteiger partial charge in [-0.15, -0.1) is 0 Å². The van der Waals surface area contributed by atoms with Gasteiger partial charge in [-0.25, -0.2) is 9.18 Å². The minimum Gasteiger partial charge on any atom is -0.378 e.